The molecule has 0 radical (unpaired) electrons. The Balaban J connectivity index is 1.88. The number of aryl methyl sites for hydroxylation is 1. The number of thioether (sulfide) groups is 1. The van der Waals surface area contributed by atoms with Crippen molar-refractivity contribution in [2.45, 2.75) is 24.8 Å². The van der Waals surface area contributed by atoms with Crippen molar-refractivity contribution < 1.29 is 9.53 Å². The lowest BCUT2D eigenvalue weighted by Crippen LogP contribution is -2.05. The minimum absolute atomic E-state index is 0.247. The van der Waals surface area contributed by atoms with Gasteiger partial charge in [0.15, 0.2) is 0 Å². The van der Waals surface area contributed by atoms with Crippen molar-refractivity contribution in [3.05, 3.63) is 45.8 Å². The third-order valence-corrected chi connectivity index (χ3v) is 5.66. The molecule has 0 amide bonds. The summed E-state index contributed by atoms with van der Waals surface area (Å²) >= 11 is 2.38. The summed E-state index contributed by atoms with van der Waals surface area (Å²) in [5.41, 5.74) is 8.70. The highest BCUT2D eigenvalue weighted by Crippen LogP contribution is 2.35. The maximum absolute atomic E-state index is 12.2. The van der Waals surface area contributed by atoms with Crippen LogP contribution in [0.2, 0.25) is 0 Å². The van der Waals surface area contributed by atoms with Gasteiger partial charge >= 0.3 is 5.97 Å². The molecule has 0 fully saturated rings. The van der Waals surface area contributed by atoms with E-state index in [1.54, 1.807) is 11.6 Å². The van der Waals surface area contributed by atoms with Gasteiger partial charge < -0.3 is 10.5 Å². The number of carbonyl (C=O) groups excluding carboxylic acids is 1. The number of thiophene rings is 1. The zero-order chi connectivity index (χ0) is 19.4. The number of anilines is 1. The van der Waals surface area contributed by atoms with Crippen molar-refractivity contribution in [3.8, 4) is 11.8 Å². The Hall–Kier alpha value is -2.90. The summed E-state index contributed by atoms with van der Waals surface area (Å²) in [6, 6.07) is 9.85. The first-order chi connectivity index (χ1) is 13.0. The molecule has 10 heteroatoms. The lowest BCUT2D eigenvalue weighted by atomic mass is 10.2. The van der Waals surface area contributed by atoms with Gasteiger partial charge in [-0.2, -0.15) is 9.94 Å². The van der Waals surface area contributed by atoms with Crippen LogP contribution in [-0.2, 0) is 10.5 Å². The maximum atomic E-state index is 12.2. The summed E-state index contributed by atoms with van der Waals surface area (Å²) in [4.78, 5) is 12.5. The molecule has 0 aliphatic rings. The van der Waals surface area contributed by atoms with Gasteiger partial charge in [-0.05, 0) is 36.4 Å². The topological polar surface area (TPSA) is 120 Å². The van der Waals surface area contributed by atoms with Crippen molar-refractivity contribution in [1.29, 1.82) is 5.26 Å². The van der Waals surface area contributed by atoms with Gasteiger partial charge in [0.1, 0.15) is 15.9 Å². The zero-order valence-corrected chi connectivity index (χ0v) is 16.3. The Labute approximate surface area is 163 Å². The van der Waals surface area contributed by atoms with Crippen LogP contribution in [-0.4, -0.2) is 32.8 Å². The number of hydrogen-bond donors (Lipinski definition) is 1. The largest absolute Gasteiger partial charge is 0.462 e. The number of hydrogen-bond acceptors (Lipinski definition) is 9. The molecule has 0 bridgehead atoms. The molecule has 27 heavy (non-hydrogen) atoms. The molecule has 0 unspecified atom stereocenters. The number of benzene rings is 1. The molecule has 3 rings (SSSR count). The second-order valence-electron chi connectivity index (χ2n) is 5.48. The number of nitrogen functional groups attached to an aromatic ring is 1. The van der Waals surface area contributed by atoms with Crippen molar-refractivity contribution in [1.82, 2.24) is 20.2 Å². The maximum Gasteiger partial charge on any atom is 0.348 e. The smallest absolute Gasteiger partial charge is 0.348 e. The Morgan fingerprint density at radius 3 is 2.81 bits per heavy atom. The van der Waals surface area contributed by atoms with E-state index in [0.717, 1.165) is 22.6 Å². The van der Waals surface area contributed by atoms with Crippen molar-refractivity contribution in [2.24, 2.45) is 0 Å². The Morgan fingerprint density at radius 2 is 2.15 bits per heavy atom. The van der Waals surface area contributed by atoms with Gasteiger partial charge in [-0.3, -0.25) is 0 Å². The zero-order valence-electron chi connectivity index (χ0n) is 14.7. The standard InChI is InChI=1S/C17H16N6O2S2/c1-3-25-16(24)14-13(12(8-18)15(19)27-14)9-26-17-20-21-22-23(17)11-6-4-10(2)5-7-11/h4-7H,3,9,19H2,1-2H3. The molecule has 1 aromatic carbocycles. The van der Waals surface area contributed by atoms with E-state index in [0.29, 0.717) is 31.9 Å². The van der Waals surface area contributed by atoms with Crippen LogP contribution in [0.5, 0.6) is 0 Å². The van der Waals surface area contributed by atoms with Crippen LogP contribution in [0.15, 0.2) is 29.4 Å². The molecular formula is C17H16N6O2S2. The fourth-order valence-corrected chi connectivity index (χ4v) is 4.30. The number of rotatable bonds is 6. The predicted octanol–water partition coefficient (Wildman–Crippen LogP) is 2.96. The molecule has 2 aromatic heterocycles. The Morgan fingerprint density at radius 1 is 1.41 bits per heavy atom. The second kappa shape index (κ2) is 8.20. The molecule has 138 valence electrons. The third-order valence-electron chi connectivity index (χ3n) is 3.67. The van der Waals surface area contributed by atoms with E-state index in [1.165, 1.54) is 11.8 Å². The van der Waals surface area contributed by atoms with Gasteiger partial charge in [-0.1, -0.05) is 29.5 Å². The normalized spacial score (nSPS) is 10.6. The summed E-state index contributed by atoms with van der Waals surface area (Å²) in [7, 11) is 0. The summed E-state index contributed by atoms with van der Waals surface area (Å²) in [6.45, 7) is 3.97. The lowest BCUT2D eigenvalue weighted by molar-refractivity contribution is 0.0531. The fourth-order valence-electron chi connectivity index (χ4n) is 2.36. The van der Waals surface area contributed by atoms with Crippen LogP contribution < -0.4 is 5.73 Å². The second-order valence-corrected chi connectivity index (χ2v) is 7.47. The molecule has 0 spiro atoms. The van der Waals surface area contributed by atoms with Crippen LogP contribution in [0.25, 0.3) is 5.69 Å². The highest BCUT2D eigenvalue weighted by molar-refractivity contribution is 7.98. The average molecular weight is 400 g/mol. The number of aromatic nitrogens is 4. The van der Waals surface area contributed by atoms with E-state index in [9.17, 15) is 10.1 Å². The summed E-state index contributed by atoms with van der Waals surface area (Å²) < 4.78 is 6.68. The first kappa shape index (κ1) is 18.9. The quantitative estimate of drug-likeness (QED) is 0.495. The van der Waals surface area contributed by atoms with Crippen molar-refractivity contribution >= 4 is 34.1 Å². The number of nitriles is 1. The lowest BCUT2D eigenvalue weighted by Gasteiger charge is -2.06. The highest BCUT2D eigenvalue weighted by atomic mass is 32.2. The Bertz CT molecular complexity index is 1000. The highest BCUT2D eigenvalue weighted by Gasteiger charge is 2.23. The minimum Gasteiger partial charge on any atom is -0.462 e. The van der Waals surface area contributed by atoms with Gasteiger partial charge in [-0.25, -0.2) is 4.79 Å². The molecule has 2 heterocycles. The monoisotopic (exact) mass is 400 g/mol. The number of ether oxygens (including phenoxy) is 1. The summed E-state index contributed by atoms with van der Waals surface area (Å²) in [5, 5.41) is 22.0. The van der Waals surface area contributed by atoms with E-state index in [4.69, 9.17) is 10.5 Å². The van der Waals surface area contributed by atoms with Gasteiger partial charge in [0.05, 0.1) is 17.9 Å². The van der Waals surface area contributed by atoms with Crippen LogP contribution in [0, 0.1) is 18.3 Å². The van der Waals surface area contributed by atoms with Gasteiger partial charge in [-0.15, -0.1) is 16.4 Å². The van der Waals surface area contributed by atoms with Crippen LogP contribution >= 0.6 is 23.1 Å². The first-order valence-corrected chi connectivity index (χ1v) is 9.82. The van der Waals surface area contributed by atoms with E-state index >= 15 is 0 Å². The first-order valence-electron chi connectivity index (χ1n) is 8.01. The summed E-state index contributed by atoms with van der Waals surface area (Å²) in [6.07, 6.45) is 0. The molecule has 3 aromatic rings. The number of nitrogens with two attached hydrogens (primary N) is 1. The van der Waals surface area contributed by atoms with Crippen LogP contribution in [0.3, 0.4) is 0 Å². The predicted molar refractivity (Wildman–Crippen MR) is 103 cm³/mol. The molecule has 0 aliphatic heterocycles. The fraction of sp³-hybridized carbons (Fsp3) is 0.235. The van der Waals surface area contributed by atoms with Crippen LogP contribution in [0.4, 0.5) is 5.00 Å². The molecular weight excluding hydrogens is 384 g/mol. The van der Waals surface area contributed by atoms with E-state index in [2.05, 4.69) is 21.6 Å². The van der Waals surface area contributed by atoms with E-state index < -0.39 is 5.97 Å². The van der Waals surface area contributed by atoms with Gasteiger partial charge in [0.2, 0.25) is 5.16 Å². The molecule has 2 N–H and O–H groups in total. The molecule has 0 saturated heterocycles. The van der Waals surface area contributed by atoms with Gasteiger partial charge in [0.25, 0.3) is 0 Å². The number of carbonyl (C=O) groups is 1. The number of tetrazole rings is 1. The summed E-state index contributed by atoms with van der Waals surface area (Å²) in [5.74, 6) is -0.166. The SMILES string of the molecule is CCOC(=O)c1sc(N)c(C#N)c1CSc1nnnn1-c1ccc(C)cc1. The van der Waals surface area contributed by atoms with E-state index in [1.807, 2.05) is 31.2 Å². The minimum atomic E-state index is -0.482. The van der Waals surface area contributed by atoms with Crippen molar-refractivity contribution in [3.63, 3.8) is 0 Å². The van der Waals surface area contributed by atoms with E-state index in [-0.39, 0.29) is 6.61 Å². The van der Waals surface area contributed by atoms with Crippen LogP contribution in [0.1, 0.15) is 33.3 Å². The average Bonchev–Trinajstić information content (AvgIpc) is 3.24. The third kappa shape index (κ3) is 3.94. The molecule has 0 aliphatic carbocycles. The molecule has 0 atom stereocenters. The van der Waals surface area contributed by atoms with Gasteiger partial charge in [0, 0.05) is 11.3 Å². The Kier molecular flexibility index (Phi) is 5.73. The number of esters is 1. The molecule has 0 saturated carbocycles. The van der Waals surface area contributed by atoms with Crippen molar-refractivity contribution in [2.75, 3.05) is 12.3 Å². The number of nitrogens with zero attached hydrogens (tertiary/aromatic N) is 5. The molecule has 8 nitrogen and oxygen atoms in total.